The molecule has 3 rings (SSSR count). The minimum atomic E-state index is -0.268. The van der Waals surface area contributed by atoms with E-state index in [4.69, 9.17) is 4.42 Å². The van der Waals surface area contributed by atoms with Crippen LogP contribution in [0.1, 0.15) is 33.4 Å². The number of hydrogen-bond donors (Lipinski definition) is 1. The van der Waals surface area contributed by atoms with Gasteiger partial charge in [0, 0.05) is 22.6 Å². The SMILES string of the molecule is Cc1ccc(C[NH+](C)Cc2cc(=O)oc3c(C)c(C)ccc23)c(C)c1. The fraction of sp³-hybridized carbons (Fsp3) is 0.318. The molecule has 0 radical (unpaired) electrons. The second-order valence-electron chi connectivity index (χ2n) is 7.22. The number of benzene rings is 2. The molecule has 3 heteroatoms. The van der Waals surface area contributed by atoms with Gasteiger partial charge in [0.15, 0.2) is 0 Å². The van der Waals surface area contributed by atoms with Crippen molar-refractivity contribution in [3.05, 3.63) is 80.2 Å². The van der Waals surface area contributed by atoms with Gasteiger partial charge in [-0.1, -0.05) is 35.9 Å². The quantitative estimate of drug-likeness (QED) is 0.742. The Balaban J connectivity index is 1.92. The topological polar surface area (TPSA) is 34.7 Å². The summed E-state index contributed by atoms with van der Waals surface area (Å²) in [6.07, 6.45) is 0. The average molecular weight is 336 g/mol. The van der Waals surface area contributed by atoms with E-state index in [2.05, 4.69) is 51.2 Å². The van der Waals surface area contributed by atoms with Crippen molar-refractivity contribution >= 4 is 11.0 Å². The van der Waals surface area contributed by atoms with Gasteiger partial charge in [-0.25, -0.2) is 4.79 Å². The molecule has 0 fully saturated rings. The Morgan fingerprint density at radius 1 is 0.880 bits per heavy atom. The van der Waals surface area contributed by atoms with Crippen molar-refractivity contribution < 1.29 is 9.32 Å². The first-order valence-corrected chi connectivity index (χ1v) is 8.75. The molecule has 1 unspecified atom stereocenters. The summed E-state index contributed by atoms with van der Waals surface area (Å²) in [7, 11) is 2.17. The summed E-state index contributed by atoms with van der Waals surface area (Å²) < 4.78 is 5.48. The molecule has 3 nitrogen and oxygen atoms in total. The monoisotopic (exact) mass is 336 g/mol. The second kappa shape index (κ2) is 6.85. The molecule has 0 amide bonds. The van der Waals surface area contributed by atoms with Crippen molar-refractivity contribution in [3.8, 4) is 0 Å². The highest BCUT2D eigenvalue weighted by Crippen LogP contribution is 2.22. The number of fused-ring (bicyclic) bond motifs is 1. The van der Waals surface area contributed by atoms with Crippen LogP contribution in [0.15, 0.2) is 45.6 Å². The van der Waals surface area contributed by atoms with Gasteiger partial charge < -0.3 is 9.32 Å². The third-order valence-corrected chi connectivity index (χ3v) is 5.00. The van der Waals surface area contributed by atoms with Gasteiger partial charge in [0.05, 0.1) is 7.05 Å². The molecule has 0 bridgehead atoms. The van der Waals surface area contributed by atoms with Gasteiger partial charge in [-0.2, -0.15) is 0 Å². The van der Waals surface area contributed by atoms with Gasteiger partial charge in [-0.3, -0.25) is 0 Å². The highest BCUT2D eigenvalue weighted by Gasteiger charge is 2.14. The van der Waals surface area contributed by atoms with Crippen molar-refractivity contribution in [1.29, 1.82) is 0 Å². The van der Waals surface area contributed by atoms with E-state index in [-0.39, 0.29) is 5.63 Å². The summed E-state index contributed by atoms with van der Waals surface area (Å²) in [5.41, 5.74) is 7.66. The van der Waals surface area contributed by atoms with Crippen LogP contribution in [0.3, 0.4) is 0 Å². The number of quaternary nitrogens is 1. The lowest BCUT2D eigenvalue weighted by Gasteiger charge is -2.17. The fourth-order valence-corrected chi connectivity index (χ4v) is 3.43. The van der Waals surface area contributed by atoms with Crippen LogP contribution in [-0.4, -0.2) is 7.05 Å². The Morgan fingerprint density at radius 3 is 2.32 bits per heavy atom. The van der Waals surface area contributed by atoms with E-state index in [9.17, 15) is 4.79 Å². The molecule has 25 heavy (non-hydrogen) atoms. The van der Waals surface area contributed by atoms with E-state index in [1.807, 2.05) is 13.8 Å². The van der Waals surface area contributed by atoms with E-state index >= 15 is 0 Å². The average Bonchev–Trinajstić information content (AvgIpc) is 2.54. The standard InChI is InChI=1S/C22H25NO2/c1-14-6-8-18(16(3)10-14)12-23(5)13-19-11-21(24)25-22-17(4)15(2)7-9-20(19)22/h6-11H,12-13H2,1-5H3/p+1. The molecule has 1 atom stereocenters. The third kappa shape index (κ3) is 3.67. The van der Waals surface area contributed by atoms with Crippen LogP contribution in [-0.2, 0) is 13.1 Å². The van der Waals surface area contributed by atoms with Crippen LogP contribution in [0.2, 0.25) is 0 Å². The van der Waals surface area contributed by atoms with Crippen molar-refractivity contribution in [2.24, 2.45) is 0 Å². The Labute approximate surface area is 148 Å². The zero-order chi connectivity index (χ0) is 18.1. The zero-order valence-corrected chi connectivity index (χ0v) is 15.7. The van der Waals surface area contributed by atoms with Crippen LogP contribution >= 0.6 is 0 Å². The molecular weight excluding hydrogens is 310 g/mol. The summed E-state index contributed by atoms with van der Waals surface area (Å²) in [6, 6.07) is 12.4. The molecule has 1 heterocycles. The predicted molar refractivity (Wildman–Crippen MR) is 102 cm³/mol. The van der Waals surface area contributed by atoms with Crippen LogP contribution in [0.25, 0.3) is 11.0 Å². The first-order chi connectivity index (χ1) is 11.8. The lowest BCUT2D eigenvalue weighted by Crippen LogP contribution is -3.06. The molecule has 2 aromatic carbocycles. The van der Waals surface area contributed by atoms with Crippen molar-refractivity contribution in [3.63, 3.8) is 0 Å². The maximum Gasteiger partial charge on any atom is 0.336 e. The van der Waals surface area contributed by atoms with Crippen LogP contribution < -0.4 is 10.5 Å². The predicted octanol–water partition coefficient (Wildman–Crippen LogP) is 3.24. The van der Waals surface area contributed by atoms with Crippen molar-refractivity contribution in [2.45, 2.75) is 40.8 Å². The molecule has 1 aromatic heterocycles. The van der Waals surface area contributed by atoms with Crippen molar-refractivity contribution in [1.82, 2.24) is 0 Å². The van der Waals surface area contributed by atoms with Gasteiger partial charge in [0.1, 0.15) is 18.7 Å². The third-order valence-electron chi connectivity index (χ3n) is 5.00. The molecule has 130 valence electrons. The highest BCUT2D eigenvalue weighted by molar-refractivity contribution is 5.83. The minimum Gasteiger partial charge on any atom is -0.422 e. The first-order valence-electron chi connectivity index (χ1n) is 8.75. The van der Waals surface area contributed by atoms with Gasteiger partial charge >= 0.3 is 5.63 Å². The first kappa shape index (κ1) is 17.4. The molecular formula is C22H26NO2+. The summed E-state index contributed by atoms with van der Waals surface area (Å²) in [5, 5.41) is 1.04. The number of rotatable bonds is 4. The van der Waals surface area contributed by atoms with E-state index in [0.717, 1.165) is 40.7 Å². The molecule has 3 aromatic rings. The molecule has 0 spiro atoms. The van der Waals surface area contributed by atoms with Crippen LogP contribution in [0.4, 0.5) is 0 Å². The minimum absolute atomic E-state index is 0.268. The number of hydrogen-bond acceptors (Lipinski definition) is 2. The molecule has 0 aliphatic rings. The van der Waals surface area contributed by atoms with E-state index in [0.29, 0.717) is 0 Å². The Morgan fingerprint density at radius 2 is 1.60 bits per heavy atom. The van der Waals surface area contributed by atoms with Crippen LogP contribution in [0.5, 0.6) is 0 Å². The zero-order valence-electron chi connectivity index (χ0n) is 15.7. The van der Waals surface area contributed by atoms with E-state index in [1.165, 1.54) is 21.6 Å². The van der Waals surface area contributed by atoms with E-state index < -0.39 is 0 Å². The van der Waals surface area contributed by atoms with Gasteiger partial charge in [-0.15, -0.1) is 0 Å². The fourth-order valence-electron chi connectivity index (χ4n) is 3.43. The second-order valence-corrected chi connectivity index (χ2v) is 7.22. The molecule has 0 saturated carbocycles. The molecule has 1 N–H and O–H groups in total. The van der Waals surface area contributed by atoms with Crippen LogP contribution in [0, 0.1) is 27.7 Å². The lowest BCUT2D eigenvalue weighted by molar-refractivity contribution is -0.907. The molecule has 0 aliphatic carbocycles. The Bertz CT molecular complexity index is 985. The smallest absolute Gasteiger partial charge is 0.336 e. The summed E-state index contributed by atoms with van der Waals surface area (Å²) in [4.78, 5) is 13.4. The largest absolute Gasteiger partial charge is 0.422 e. The Hall–Kier alpha value is -2.39. The van der Waals surface area contributed by atoms with Crippen molar-refractivity contribution in [2.75, 3.05) is 7.05 Å². The normalized spacial score (nSPS) is 12.5. The summed E-state index contributed by atoms with van der Waals surface area (Å²) in [5.74, 6) is 0. The van der Waals surface area contributed by atoms with Gasteiger partial charge in [0.2, 0.25) is 0 Å². The summed E-state index contributed by atoms with van der Waals surface area (Å²) >= 11 is 0. The molecule has 0 aliphatic heterocycles. The maximum atomic E-state index is 12.0. The maximum absolute atomic E-state index is 12.0. The number of nitrogens with one attached hydrogen (secondary N) is 1. The number of aryl methyl sites for hydroxylation is 4. The van der Waals surface area contributed by atoms with Gasteiger partial charge in [-0.05, 0) is 44.4 Å². The van der Waals surface area contributed by atoms with Gasteiger partial charge in [0.25, 0.3) is 0 Å². The highest BCUT2D eigenvalue weighted by atomic mass is 16.4. The summed E-state index contributed by atoms with van der Waals surface area (Å²) in [6.45, 7) is 10.0. The molecule has 0 saturated heterocycles. The lowest BCUT2D eigenvalue weighted by atomic mass is 10.0. The van der Waals surface area contributed by atoms with E-state index in [1.54, 1.807) is 6.07 Å². The Kier molecular flexibility index (Phi) is 4.78.